The van der Waals surface area contributed by atoms with Crippen LogP contribution in [0.3, 0.4) is 0 Å². The molecule has 7 heteroatoms. The van der Waals surface area contributed by atoms with Crippen molar-refractivity contribution in [2.24, 2.45) is 0 Å². The fraction of sp³-hybridized carbons (Fsp3) is 0.250. The molecule has 0 aliphatic rings. The Kier molecular flexibility index (Phi) is 2.51. The van der Waals surface area contributed by atoms with Crippen LogP contribution in [0.2, 0.25) is 5.15 Å². The Labute approximate surface area is 89.9 Å². The van der Waals surface area contributed by atoms with E-state index in [-0.39, 0.29) is 17.3 Å². The van der Waals surface area contributed by atoms with Gasteiger partial charge < -0.3 is 0 Å². The van der Waals surface area contributed by atoms with E-state index in [9.17, 15) is 4.79 Å². The highest BCUT2D eigenvalue weighted by molar-refractivity contribution is 6.29. The zero-order chi connectivity index (χ0) is 10.8. The number of nitrogens with one attached hydrogen (secondary N) is 1. The zero-order valence-corrected chi connectivity index (χ0v) is 8.69. The second-order valence-electron chi connectivity index (χ2n) is 2.99. The highest BCUT2D eigenvalue weighted by atomic mass is 35.5. The minimum absolute atomic E-state index is 0.212. The van der Waals surface area contributed by atoms with Gasteiger partial charge in [0.05, 0.1) is 0 Å². The van der Waals surface area contributed by atoms with E-state index in [0.717, 1.165) is 0 Å². The molecular weight excluding hydrogens is 218 g/mol. The number of aromatic amines is 1. The summed E-state index contributed by atoms with van der Waals surface area (Å²) in [6, 6.07) is 2.80. The van der Waals surface area contributed by atoms with Gasteiger partial charge in [0.1, 0.15) is 17.5 Å². The quantitative estimate of drug-likeness (QED) is 0.801. The van der Waals surface area contributed by atoms with Gasteiger partial charge in [-0.3, -0.25) is 9.89 Å². The van der Waals surface area contributed by atoms with Gasteiger partial charge in [-0.25, -0.2) is 9.67 Å². The van der Waals surface area contributed by atoms with Crippen molar-refractivity contribution < 1.29 is 0 Å². The zero-order valence-electron chi connectivity index (χ0n) is 7.94. The molecule has 0 aliphatic heterocycles. The normalized spacial score (nSPS) is 10.5. The Hall–Kier alpha value is -1.69. The Balaban J connectivity index is 2.31. The van der Waals surface area contributed by atoms with Gasteiger partial charge in [-0.1, -0.05) is 11.6 Å². The Bertz CT molecular complexity index is 532. The monoisotopic (exact) mass is 225 g/mol. The molecule has 1 N–H and O–H groups in total. The lowest BCUT2D eigenvalue weighted by Gasteiger charge is -1.99. The number of aromatic nitrogens is 5. The van der Waals surface area contributed by atoms with Crippen molar-refractivity contribution in [3.05, 3.63) is 39.3 Å². The molecule has 0 bridgehead atoms. The molecule has 0 saturated carbocycles. The summed E-state index contributed by atoms with van der Waals surface area (Å²) in [6.07, 6.45) is 0. The second kappa shape index (κ2) is 3.82. The molecule has 6 nitrogen and oxygen atoms in total. The van der Waals surface area contributed by atoms with Gasteiger partial charge in [-0.2, -0.15) is 10.2 Å². The smallest absolute Gasteiger partial charge is 0.267 e. The highest BCUT2D eigenvalue weighted by Crippen LogP contribution is 1.99. The van der Waals surface area contributed by atoms with Gasteiger partial charge in [0.25, 0.3) is 5.56 Å². The molecule has 2 aromatic heterocycles. The van der Waals surface area contributed by atoms with E-state index in [2.05, 4.69) is 20.3 Å². The van der Waals surface area contributed by atoms with Crippen LogP contribution >= 0.6 is 11.6 Å². The maximum absolute atomic E-state index is 11.4. The summed E-state index contributed by atoms with van der Waals surface area (Å²) in [6.45, 7) is 1.99. The van der Waals surface area contributed by atoms with Crippen molar-refractivity contribution >= 4 is 11.6 Å². The highest BCUT2D eigenvalue weighted by Gasteiger charge is 2.04. The van der Waals surface area contributed by atoms with E-state index in [1.165, 1.54) is 16.8 Å². The molecule has 2 rings (SSSR count). The first-order valence-electron chi connectivity index (χ1n) is 4.27. The number of halogens is 1. The van der Waals surface area contributed by atoms with Crippen LogP contribution in [0, 0.1) is 6.92 Å². The van der Waals surface area contributed by atoms with E-state index in [4.69, 9.17) is 11.6 Å². The molecule has 15 heavy (non-hydrogen) atoms. The number of hydrogen-bond donors (Lipinski definition) is 1. The molecule has 0 radical (unpaired) electrons. The lowest BCUT2D eigenvalue weighted by molar-refractivity contribution is 0.616. The molecule has 2 aromatic rings. The van der Waals surface area contributed by atoms with Crippen LogP contribution in [0.5, 0.6) is 0 Å². The molecule has 0 aliphatic carbocycles. The fourth-order valence-corrected chi connectivity index (χ4v) is 1.29. The SMILES string of the molecule is Cc1nc(Cn2nc(Cl)ccc2=O)n[nH]1. The van der Waals surface area contributed by atoms with E-state index < -0.39 is 0 Å². The van der Waals surface area contributed by atoms with Crippen molar-refractivity contribution in [3.8, 4) is 0 Å². The first kappa shape index (κ1) is 9.85. The molecule has 0 spiro atoms. The predicted octanol–water partition coefficient (Wildman–Crippen LogP) is 0.372. The van der Waals surface area contributed by atoms with Gasteiger partial charge in [0.2, 0.25) is 0 Å². The van der Waals surface area contributed by atoms with Crippen molar-refractivity contribution in [2.75, 3.05) is 0 Å². The molecule has 0 aromatic carbocycles. The fourth-order valence-electron chi connectivity index (χ4n) is 1.13. The molecule has 0 fully saturated rings. The number of nitrogens with zero attached hydrogens (tertiary/aromatic N) is 4. The van der Waals surface area contributed by atoms with Gasteiger partial charge >= 0.3 is 0 Å². The molecule has 0 unspecified atom stereocenters. The summed E-state index contributed by atoms with van der Waals surface area (Å²) >= 11 is 5.67. The number of hydrogen-bond acceptors (Lipinski definition) is 4. The first-order valence-corrected chi connectivity index (χ1v) is 4.64. The van der Waals surface area contributed by atoms with Crippen LogP contribution < -0.4 is 5.56 Å². The summed E-state index contributed by atoms with van der Waals surface area (Å²) < 4.78 is 1.21. The molecule has 78 valence electrons. The average Bonchev–Trinajstić information content (AvgIpc) is 2.58. The van der Waals surface area contributed by atoms with E-state index in [1.54, 1.807) is 6.92 Å². The summed E-state index contributed by atoms with van der Waals surface area (Å²) in [7, 11) is 0. The molecule has 0 amide bonds. The molecule has 0 atom stereocenters. The van der Waals surface area contributed by atoms with Crippen molar-refractivity contribution in [2.45, 2.75) is 13.5 Å². The predicted molar refractivity (Wildman–Crippen MR) is 53.7 cm³/mol. The first-order chi connectivity index (χ1) is 7.15. The lowest BCUT2D eigenvalue weighted by atomic mass is 10.5. The van der Waals surface area contributed by atoms with Crippen LogP contribution in [0.25, 0.3) is 0 Å². The Morgan fingerprint density at radius 3 is 3.00 bits per heavy atom. The average molecular weight is 226 g/mol. The number of H-pyrrole nitrogens is 1. The van der Waals surface area contributed by atoms with Gasteiger partial charge in [0, 0.05) is 6.07 Å². The maximum atomic E-state index is 11.4. The molecule has 0 saturated heterocycles. The van der Waals surface area contributed by atoms with Gasteiger partial charge in [0.15, 0.2) is 5.82 Å². The van der Waals surface area contributed by atoms with Crippen LogP contribution in [0.15, 0.2) is 16.9 Å². The summed E-state index contributed by atoms with van der Waals surface area (Å²) in [5, 5.41) is 10.7. The summed E-state index contributed by atoms with van der Waals surface area (Å²) in [5.41, 5.74) is -0.234. The van der Waals surface area contributed by atoms with E-state index in [0.29, 0.717) is 11.6 Å². The number of aryl methyl sites for hydroxylation is 1. The standard InChI is InChI=1S/C8H8ClN5O/c1-5-10-7(12-11-5)4-14-8(15)3-2-6(9)13-14/h2-3H,4H2,1H3,(H,10,11,12). The van der Waals surface area contributed by atoms with E-state index >= 15 is 0 Å². The molecule has 2 heterocycles. The third kappa shape index (κ3) is 2.21. The summed E-state index contributed by atoms with van der Waals surface area (Å²) in [4.78, 5) is 15.4. The maximum Gasteiger partial charge on any atom is 0.267 e. The van der Waals surface area contributed by atoms with Crippen molar-refractivity contribution in [3.63, 3.8) is 0 Å². The van der Waals surface area contributed by atoms with Gasteiger partial charge in [-0.15, -0.1) is 0 Å². The van der Waals surface area contributed by atoms with Crippen LogP contribution in [0.1, 0.15) is 11.6 Å². The minimum Gasteiger partial charge on any atom is -0.268 e. The summed E-state index contributed by atoms with van der Waals surface area (Å²) in [5.74, 6) is 1.20. The van der Waals surface area contributed by atoms with Crippen LogP contribution in [-0.2, 0) is 6.54 Å². The van der Waals surface area contributed by atoms with Crippen LogP contribution in [0.4, 0.5) is 0 Å². The van der Waals surface area contributed by atoms with Crippen molar-refractivity contribution in [1.29, 1.82) is 0 Å². The Morgan fingerprint density at radius 1 is 1.53 bits per heavy atom. The number of rotatable bonds is 2. The van der Waals surface area contributed by atoms with Gasteiger partial charge in [-0.05, 0) is 13.0 Å². The van der Waals surface area contributed by atoms with E-state index in [1.807, 2.05) is 0 Å². The van der Waals surface area contributed by atoms with Crippen LogP contribution in [-0.4, -0.2) is 25.0 Å². The second-order valence-corrected chi connectivity index (χ2v) is 3.38. The lowest BCUT2D eigenvalue weighted by Crippen LogP contribution is -2.22. The third-order valence-electron chi connectivity index (χ3n) is 1.77. The topological polar surface area (TPSA) is 76.5 Å². The third-order valence-corrected chi connectivity index (χ3v) is 1.97. The minimum atomic E-state index is -0.234. The largest absolute Gasteiger partial charge is 0.268 e. The van der Waals surface area contributed by atoms with Crippen molar-refractivity contribution in [1.82, 2.24) is 25.0 Å². The Morgan fingerprint density at radius 2 is 2.33 bits per heavy atom. The molecular formula is C8H8ClN5O.